The summed E-state index contributed by atoms with van der Waals surface area (Å²) < 4.78 is 29.8. The third-order valence-corrected chi connectivity index (χ3v) is 7.06. The van der Waals surface area contributed by atoms with Gasteiger partial charge in [-0.15, -0.1) is 0 Å². The van der Waals surface area contributed by atoms with Crippen molar-refractivity contribution in [2.24, 2.45) is 16.6 Å². The van der Waals surface area contributed by atoms with Crippen molar-refractivity contribution in [3.05, 3.63) is 89.5 Å². The standard InChI is InChI=1S/C26H31N5O4S/c1-17(19-10-12-20(13-11-19)22-8-3-4-9-23(22)36(30,33)34)15-26(35-2,31-25(29)32)16-18-6-5-7-21(14-18)24(27)28/h3-14,17H,15-16H2,1-2H3,(H3,27,28)(H3,29,31,32)(H2,30,33,34). The van der Waals surface area contributed by atoms with E-state index in [4.69, 9.17) is 26.8 Å². The molecule has 2 atom stereocenters. The number of rotatable bonds is 10. The molecule has 0 fully saturated rings. The lowest BCUT2D eigenvalue weighted by atomic mass is 9.87. The van der Waals surface area contributed by atoms with Gasteiger partial charge in [0.05, 0.1) is 4.90 Å². The molecule has 3 aromatic carbocycles. The number of nitrogens with two attached hydrogens (primary N) is 3. The van der Waals surface area contributed by atoms with Gasteiger partial charge in [-0.1, -0.05) is 67.6 Å². The van der Waals surface area contributed by atoms with Gasteiger partial charge >= 0.3 is 6.03 Å². The first-order valence-electron chi connectivity index (χ1n) is 11.2. The fourth-order valence-electron chi connectivity index (χ4n) is 4.33. The minimum Gasteiger partial charge on any atom is -0.384 e. The Kier molecular flexibility index (Phi) is 8.13. The van der Waals surface area contributed by atoms with Gasteiger partial charge in [0.15, 0.2) is 0 Å². The lowest BCUT2D eigenvalue weighted by Gasteiger charge is -2.35. The topological polar surface area (TPSA) is 174 Å². The Hall–Kier alpha value is -3.73. The Balaban J connectivity index is 1.89. The predicted molar refractivity (Wildman–Crippen MR) is 140 cm³/mol. The number of amides is 2. The van der Waals surface area contributed by atoms with Gasteiger partial charge in [-0.05, 0) is 34.7 Å². The molecule has 2 amide bonds. The number of urea groups is 1. The largest absolute Gasteiger partial charge is 0.384 e. The van der Waals surface area contributed by atoms with Crippen molar-refractivity contribution in [1.29, 1.82) is 5.41 Å². The van der Waals surface area contributed by atoms with Crippen LogP contribution in [-0.2, 0) is 21.2 Å². The van der Waals surface area contributed by atoms with Gasteiger partial charge < -0.3 is 21.5 Å². The highest BCUT2D eigenvalue weighted by molar-refractivity contribution is 7.89. The molecule has 190 valence electrons. The first-order valence-corrected chi connectivity index (χ1v) is 12.8. The smallest absolute Gasteiger partial charge is 0.314 e. The first kappa shape index (κ1) is 26.9. The molecule has 9 nitrogen and oxygen atoms in total. The van der Waals surface area contributed by atoms with Crippen LogP contribution in [0.25, 0.3) is 11.1 Å². The van der Waals surface area contributed by atoms with Gasteiger partial charge in [-0.2, -0.15) is 0 Å². The number of carbonyl (C=O) groups is 1. The number of methoxy groups -OCH3 is 1. The van der Waals surface area contributed by atoms with Crippen LogP contribution in [0, 0.1) is 5.41 Å². The summed E-state index contributed by atoms with van der Waals surface area (Å²) in [5.74, 6) is -0.129. The van der Waals surface area contributed by atoms with E-state index in [1.807, 2.05) is 37.3 Å². The molecule has 0 aliphatic rings. The fourth-order valence-corrected chi connectivity index (χ4v) is 5.09. The summed E-state index contributed by atoms with van der Waals surface area (Å²) in [5.41, 5.74) is 13.6. The molecule has 2 unspecified atom stereocenters. The van der Waals surface area contributed by atoms with Crippen LogP contribution in [0.1, 0.15) is 36.0 Å². The van der Waals surface area contributed by atoms with Crippen LogP contribution < -0.4 is 21.9 Å². The normalized spacial score (nSPS) is 14.0. The summed E-state index contributed by atoms with van der Waals surface area (Å²) in [6, 6.07) is 20.5. The van der Waals surface area contributed by atoms with Crippen molar-refractivity contribution in [2.75, 3.05) is 7.11 Å². The molecule has 0 aliphatic carbocycles. The second-order valence-electron chi connectivity index (χ2n) is 8.75. The number of sulfonamides is 1. The van der Waals surface area contributed by atoms with Crippen LogP contribution in [0.3, 0.4) is 0 Å². The SMILES string of the molecule is COC(Cc1cccc(C(=N)N)c1)(CC(C)c1ccc(-c2ccccc2S(N)(=O)=O)cc1)NC(N)=O. The molecule has 0 radical (unpaired) electrons. The first-order chi connectivity index (χ1) is 16.9. The van der Waals surface area contributed by atoms with Gasteiger partial charge in [0.1, 0.15) is 11.6 Å². The number of hydrogen-bond acceptors (Lipinski definition) is 5. The molecule has 0 heterocycles. The molecular formula is C26H31N5O4S. The molecule has 0 saturated heterocycles. The Bertz CT molecular complexity index is 1360. The van der Waals surface area contributed by atoms with Crippen LogP contribution in [0.15, 0.2) is 77.7 Å². The van der Waals surface area contributed by atoms with Crippen molar-refractivity contribution in [1.82, 2.24) is 5.32 Å². The number of ether oxygens (including phenoxy) is 1. The molecule has 10 heteroatoms. The number of primary amides is 1. The Morgan fingerprint density at radius 2 is 1.72 bits per heavy atom. The van der Waals surface area contributed by atoms with Crippen LogP contribution >= 0.6 is 0 Å². The van der Waals surface area contributed by atoms with Crippen molar-refractivity contribution in [2.45, 2.75) is 36.3 Å². The molecule has 0 saturated carbocycles. The summed E-state index contributed by atoms with van der Waals surface area (Å²) in [4.78, 5) is 11.9. The predicted octanol–water partition coefficient (Wildman–Crippen LogP) is 3.03. The summed E-state index contributed by atoms with van der Waals surface area (Å²) in [6.07, 6.45) is 0.696. The van der Waals surface area contributed by atoms with Crippen LogP contribution in [0.4, 0.5) is 4.79 Å². The number of hydrogen-bond donors (Lipinski definition) is 5. The van der Waals surface area contributed by atoms with E-state index in [-0.39, 0.29) is 16.6 Å². The molecule has 0 spiro atoms. The van der Waals surface area contributed by atoms with Crippen LogP contribution in [-0.4, -0.2) is 33.1 Å². The average molecular weight is 510 g/mol. The molecule has 36 heavy (non-hydrogen) atoms. The maximum absolute atomic E-state index is 12.0. The minimum absolute atomic E-state index is 0.0554. The number of amidine groups is 1. The number of nitrogen functional groups attached to an aromatic ring is 1. The molecule has 0 aliphatic heterocycles. The summed E-state index contributed by atoms with van der Waals surface area (Å²) in [6.45, 7) is 2.00. The van der Waals surface area contributed by atoms with Crippen molar-refractivity contribution in [3.63, 3.8) is 0 Å². The zero-order valence-electron chi connectivity index (χ0n) is 20.2. The molecule has 3 aromatic rings. The van der Waals surface area contributed by atoms with E-state index in [9.17, 15) is 13.2 Å². The monoisotopic (exact) mass is 509 g/mol. The lowest BCUT2D eigenvalue weighted by Crippen LogP contribution is -2.54. The van der Waals surface area contributed by atoms with Gasteiger partial charge in [0.25, 0.3) is 0 Å². The highest BCUT2D eigenvalue weighted by atomic mass is 32.2. The van der Waals surface area contributed by atoms with E-state index in [1.54, 1.807) is 36.4 Å². The highest BCUT2D eigenvalue weighted by Gasteiger charge is 2.34. The Morgan fingerprint density at radius 1 is 1.06 bits per heavy atom. The molecule has 0 bridgehead atoms. The van der Waals surface area contributed by atoms with Gasteiger partial charge in [-0.3, -0.25) is 5.41 Å². The van der Waals surface area contributed by atoms with Crippen molar-refractivity contribution >= 4 is 21.9 Å². The number of nitrogens with one attached hydrogen (secondary N) is 2. The third-order valence-electron chi connectivity index (χ3n) is 6.09. The summed E-state index contributed by atoms with van der Waals surface area (Å²) >= 11 is 0. The zero-order valence-corrected chi connectivity index (χ0v) is 21.0. The van der Waals surface area contributed by atoms with E-state index in [0.29, 0.717) is 29.5 Å². The number of primary sulfonamides is 1. The second-order valence-corrected chi connectivity index (χ2v) is 10.3. The van der Waals surface area contributed by atoms with E-state index in [1.165, 1.54) is 13.2 Å². The Labute approximate surface area is 211 Å². The fraction of sp³-hybridized carbons (Fsp3) is 0.231. The maximum atomic E-state index is 12.0. The average Bonchev–Trinajstić information content (AvgIpc) is 2.83. The van der Waals surface area contributed by atoms with E-state index >= 15 is 0 Å². The van der Waals surface area contributed by atoms with Crippen LogP contribution in [0.5, 0.6) is 0 Å². The minimum atomic E-state index is -3.87. The third kappa shape index (κ3) is 6.48. The van der Waals surface area contributed by atoms with E-state index in [2.05, 4.69) is 5.32 Å². The molecule has 0 aromatic heterocycles. The van der Waals surface area contributed by atoms with E-state index in [0.717, 1.165) is 11.1 Å². The number of benzene rings is 3. The molecule has 8 N–H and O–H groups in total. The Morgan fingerprint density at radius 3 is 2.31 bits per heavy atom. The van der Waals surface area contributed by atoms with Gasteiger partial charge in [-0.25, -0.2) is 18.4 Å². The number of carbonyl (C=O) groups excluding carboxylic acids is 1. The van der Waals surface area contributed by atoms with Crippen molar-refractivity contribution < 1.29 is 17.9 Å². The van der Waals surface area contributed by atoms with Gasteiger partial charge in [0.2, 0.25) is 10.0 Å². The molecular weight excluding hydrogens is 478 g/mol. The molecule has 3 rings (SSSR count). The quantitative estimate of drug-likeness (QED) is 0.160. The zero-order chi connectivity index (χ0) is 26.5. The lowest BCUT2D eigenvalue weighted by molar-refractivity contribution is -0.0389. The van der Waals surface area contributed by atoms with Crippen molar-refractivity contribution in [3.8, 4) is 11.1 Å². The second kappa shape index (κ2) is 10.9. The summed E-state index contributed by atoms with van der Waals surface area (Å²) in [5, 5.41) is 15.8. The maximum Gasteiger partial charge on any atom is 0.314 e. The summed E-state index contributed by atoms with van der Waals surface area (Å²) in [7, 11) is -2.37. The van der Waals surface area contributed by atoms with E-state index < -0.39 is 21.8 Å². The highest BCUT2D eigenvalue weighted by Crippen LogP contribution is 2.32. The van der Waals surface area contributed by atoms with Gasteiger partial charge in [0, 0.05) is 31.1 Å². The van der Waals surface area contributed by atoms with Crippen LogP contribution in [0.2, 0.25) is 0 Å².